The van der Waals surface area contributed by atoms with Crippen LogP contribution in [0.4, 0.5) is 0 Å². The molecule has 0 spiro atoms. The molecule has 0 aliphatic carbocycles. The maximum Gasteiger partial charge on any atom is 0.328 e. The summed E-state index contributed by atoms with van der Waals surface area (Å²) in [6, 6.07) is 7.23. The summed E-state index contributed by atoms with van der Waals surface area (Å²) in [5.41, 5.74) is 1.78. The largest absolute Gasteiger partial charge is 0.480 e. The summed E-state index contributed by atoms with van der Waals surface area (Å²) in [5, 5.41) is 9.25. The van der Waals surface area contributed by atoms with Crippen LogP contribution in [0.1, 0.15) is 51.7 Å². The molecule has 3 nitrogen and oxygen atoms in total. The minimum Gasteiger partial charge on any atom is -0.480 e. The Hall–Kier alpha value is -1.64. The lowest BCUT2D eigenvalue weighted by Gasteiger charge is -2.23. The second-order valence-corrected chi connectivity index (χ2v) is 6.17. The van der Waals surface area contributed by atoms with Gasteiger partial charge in [-0.2, -0.15) is 0 Å². The summed E-state index contributed by atoms with van der Waals surface area (Å²) in [6.45, 7) is 9.89. The van der Waals surface area contributed by atoms with E-state index in [4.69, 9.17) is 0 Å². The van der Waals surface area contributed by atoms with Gasteiger partial charge in [-0.15, -0.1) is 0 Å². The van der Waals surface area contributed by atoms with E-state index >= 15 is 0 Å². The van der Waals surface area contributed by atoms with E-state index in [-0.39, 0.29) is 0 Å². The molecule has 1 aromatic carbocycles. The predicted octanol–water partition coefficient (Wildman–Crippen LogP) is 3.73. The monoisotopic (exact) mass is 261 g/mol. The van der Waals surface area contributed by atoms with E-state index in [1.807, 2.05) is 39.0 Å². The molecule has 0 aliphatic rings. The molecule has 0 fully saturated rings. The highest BCUT2D eigenvalue weighted by Gasteiger charge is 2.30. The van der Waals surface area contributed by atoms with Gasteiger partial charge in [0.1, 0.15) is 0 Å². The molecule has 1 aromatic rings. The average Bonchev–Trinajstić information content (AvgIpc) is 2.27. The van der Waals surface area contributed by atoms with Crippen LogP contribution in [0.3, 0.4) is 0 Å². The standard InChI is InChI=1S/C16H23NO2/c1-11(2)13-9-7-6-8-12(13)10-17-14(15(18)19)16(3,4)5/h6-11,14H,1-5H3,(H,18,19). The minimum absolute atomic E-state index is 0.389. The SMILES string of the molecule is CC(C)c1ccccc1C=NC(C(=O)O)C(C)(C)C. The highest BCUT2D eigenvalue weighted by molar-refractivity contribution is 5.85. The molecule has 0 amide bonds. The van der Waals surface area contributed by atoms with Crippen molar-refractivity contribution in [2.75, 3.05) is 0 Å². The van der Waals surface area contributed by atoms with Gasteiger partial charge in [0, 0.05) is 6.21 Å². The third-order valence-corrected chi connectivity index (χ3v) is 3.03. The Bertz CT molecular complexity index is 470. The lowest BCUT2D eigenvalue weighted by atomic mass is 9.87. The Morgan fingerprint density at radius 3 is 2.32 bits per heavy atom. The van der Waals surface area contributed by atoms with Crippen molar-refractivity contribution in [3.63, 3.8) is 0 Å². The molecular weight excluding hydrogens is 238 g/mol. The van der Waals surface area contributed by atoms with E-state index in [0.29, 0.717) is 5.92 Å². The summed E-state index contributed by atoms with van der Waals surface area (Å²) in [6.07, 6.45) is 1.69. The minimum atomic E-state index is -0.884. The van der Waals surface area contributed by atoms with Crippen molar-refractivity contribution in [3.8, 4) is 0 Å². The highest BCUT2D eigenvalue weighted by atomic mass is 16.4. The summed E-state index contributed by atoms with van der Waals surface area (Å²) < 4.78 is 0. The Labute approximate surface area is 115 Å². The van der Waals surface area contributed by atoms with Crippen LogP contribution < -0.4 is 0 Å². The third kappa shape index (κ3) is 4.19. The highest BCUT2D eigenvalue weighted by Crippen LogP contribution is 2.23. The van der Waals surface area contributed by atoms with Crippen LogP contribution >= 0.6 is 0 Å². The van der Waals surface area contributed by atoms with E-state index < -0.39 is 17.4 Å². The van der Waals surface area contributed by atoms with Gasteiger partial charge in [0.15, 0.2) is 6.04 Å². The lowest BCUT2D eigenvalue weighted by Crippen LogP contribution is -2.32. The molecule has 0 saturated carbocycles. The van der Waals surface area contributed by atoms with Gasteiger partial charge >= 0.3 is 5.97 Å². The molecule has 0 aliphatic heterocycles. The quantitative estimate of drug-likeness (QED) is 0.840. The lowest BCUT2D eigenvalue weighted by molar-refractivity contribution is -0.140. The fourth-order valence-corrected chi connectivity index (χ4v) is 1.97. The average molecular weight is 261 g/mol. The Morgan fingerprint density at radius 1 is 1.26 bits per heavy atom. The van der Waals surface area contributed by atoms with Gasteiger partial charge < -0.3 is 5.11 Å². The summed E-state index contributed by atoms with van der Waals surface area (Å²) in [5.74, 6) is -0.494. The maximum absolute atomic E-state index is 11.3. The van der Waals surface area contributed by atoms with Crippen LogP contribution in [-0.4, -0.2) is 23.3 Å². The number of hydrogen-bond donors (Lipinski definition) is 1. The van der Waals surface area contributed by atoms with Gasteiger partial charge in [-0.05, 0) is 22.5 Å². The normalized spacial score (nSPS) is 14.0. The summed E-state index contributed by atoms with van der Waals surface area (Å²) in [4.78, 5) is 15.6. The number of benzene rings is 1. The van der Waals surface area contributed by atoms with Crippen molar-refractivity contribution in [2.45, 2.75) is 46.6 Å². The van der Waals surface area contributed by atoms with Gasteiger partial charge in [0.05, 0.1) is 0 Å². The van der Waals surface area contributed by atoms with Gasteiger partial charge in [-0.25, -0.2) is 4.79 Å². The van der Waals surface area contributed by atoms with Gasteiger partial charge in [-0.3, -0.25) is 4.99 Å². The molecule has 1 N–H and O–H groups in total. The van der Waals surface area contributed by atoms with Crippen LogP contribution in [-0.2, 0) is 4.79 Å². The van der Waals surface area contributed by atoms with Crippen LogP contribution in [0, 0.1) is 5.41 Å². The Morgan fingerprint density at radius 2 is 1.84 bits per heavy atom. The smallest absolute Gasteiger partial charge is 0.328 e. The fraction of sp³-hybridized carbons (Fsp3) is 0.500. The molecule has 3 heteroatoms. The van der Waals surface area contributed by atoms with Gasteiger partial charge in [0.25, 0.3) is 0 Å². The molecule has 0 saturated heterocycles. The van der Waals surface area contributed by atoms with E-state index in [2.05, 4.69) is 24.9 Å². The van der Waals surface area contributed by atoms with Gasteiger partial charge in [-0.1, -0.05) is 58.9 Å². The van der Waals surface area contributed by atoms with Crippen molar-refractivity contribution in [1.82, 2.24) is 0 Å². The van der Waals surface area contributed by atoms with Crippen LogP contribution in [0.15, 0.2) is 29.3 Å². The van der Waals surface area contributed by atoms with Crippen molar-refractivity contribution < 1.29 is 9.90 Å². The first-order valence-corrected chi connectivity index (χ1v) is 6.58. The second kappa shape index (κ2) is 6.00. The number of carboxylic acids is 1. The number of carboxylic acid groups (broad SMARTS) is 1. The topological polar surface area (TPSA) is 49.7 Å². The van der Waals surface area contributed by atoms with Crippen LogP contribution in [0.2, 0.25) is 0 Å². The van der Waals surface area contributed by atoms with Crippen molar-refractivity contribution in [2.24, 2.45) is 10.4 Å². The number of rotatable bonds is 4. The molecule has 0 aromatic heterocycles. The zero-order valence-corrected chi connectivity index (χ0v) is 12.3. The van der Waals surface area contributed by atoms with E-state index in [9.17, 15) is 9.90 Å². The summed E-state index contributed by atoms with van der Waals surface area (Å²) >= 11 is 0. The van der Waals surface area contributed by atoms with Crippen molar-refractivity contribution >= 4 is 12.2 Å². The number of hydrogen-bond acceptors (Lipinski definition) is 2. The zero-order chi connectivity index (χ0) is 14.6. The number of nitrogens with zero attached hydrogens (tertiary/aromatic N) is 1. The number of aliphatic imine (C=N–C) groups is 1. The van der Waals surface area contributed by atoms with Crippen molar-refractivity contribution in [3.05, 3.63) is 35.4 Å². The van der Waals surface area contributed by atoms with E-state index in [1.165, 1.54) is 5.56 Å². The molecule has 0 heterocycles. The molecule has 1 rings (SSSR count). The van der Waals surface area contributed by atoms with Crippen LogP contribution in [0.25, 0.3) is 0 Å². The first kappa shape index (κ1) is 15.4. The predicted molar refractivity (Wildman–Crippen MR) is 79.0 cm³/mol. The van der Waals surface area contributed by atoms with Gasteiger partial charge in [0.2, 0.25) is 0 Å². The second-order valence-electron chi connectivity index (χ2n) is 6.17. The molecule has 1 atom stereocenters. The Kier molecular flexibility index (Phi) is 4.87. The van der Waals surface area contributed by atoms with E-state index in [1.54, 1.807) is 6.21 Å². The van der Waals surface area contributed by atoms with E-state index in [0.717, 1.165) is 5.56 Å². The molecule has 104 valence electrons. The molecule has 0 bridgehead atoms. The maximum atomic E-state index is 11.3. The first-order chi connectivity index (χ1) is 8.73. The first-order valence-electron chi connectivity index (χ1n) is 6.58. The zero-order valence-electron chi connectivity index (χ0n) is 12.3. The number of carbonyl (C=O) groups is 1. The fourth-order valence-electron chi connectivity index (χ4n) is 1.97. The molecule has 0 radical (unpaired) electrons. The molecule has 19 heavy (non-hydrogen) atoms. The Balaban J connectivity index is 3.07. The third-order valence-electron chi connectivity index (χ3n) is 3.03. The van der Waals surface area contributed by atoms with Crippen LogP contribution in [0.5, 0.6) is 0 Å². The summed E-state index contributed by atoms with van der Waals surface area (Å²) in [7, 11) is 0. The number of aliphatic carboxylic acids is 1. The molecular formula is C16H23NO2. The molecule has 1 unspecified atom stereocenters. The van der Waals surface area contributed by atoms with Crippen molar-refractivity contribution in [1.29, 1.82) is 0 Å².